The van der Waals surface area contributed by atoms with Crippen LogP contribution in [0, 0.1) is 11.7 Å². The van der Waals surface area contributed by atoms with Crippen molar-refractivity contribution in [3.63, 3.8) is 0 Å². The van der Waals surface area contributed by atoms with Crippen LogP contribution in [0.2, 0.25) is 0 Å². The van der Waals surface area contributed by atoms with Gasteiger partial charge in [-0.2, -0.15) is 0 Å². The van der Waals surface area contributed by atoms with Gasteiger partial charge in [-0.05, 0) is 42.7 Å². The summed E-state index contributed by atoms with van der Waals surface area (Å²) in [6.07, 6.45) is 6.79. The van der Waals surface area contributed by atoms with Crippen molar-refractivity contribution in [2.24, 2.45) is 5.92 Å². The first-order valence-electron chi connectivity index (χ1n) is 11.8. The summed E-state index contributed by atoms with van der Waals surface area (Å²) < 4.78 is 14.9. The number of hydrogen-bond donors (Lipinski definition) is 1. The molecule has 2 aromatic carbocycles. The molecule has 2 aliphatic rings. The van der Waals surface area contributed by atoms with E-state index in [1.165, 1.54) is 18.6 Å². The highest BCUT2D eigenvalue weighted by atomic mass is 19.1. The zero-order valence-corrected chi connectivity index (χ0v) is 18.6. The van der Waals surface area contributed by atoms with Gasteiger partial charge in [0.15, 0.2) is 0 Å². The Morgan fingerprint density at radius 2 is 1.73 bits per heavy atom. The first kappa shape index (κ1) is 21.8. The number of carbonyl (C=O) groups is 1. The Bertz CT molecular complexity index is 1080. The number of amides is 1. The van der Waals surface area contributed by atoms with Crippen molar-refractivity contribution in [1.82, 2.24) is 19.9 Å². The number of halogens is 1. The molecular formula is C26H29FN4O2. The van der Waals surface area contributed by atoms with E-state index in [2.05, 4.69) is 10.3 Å². The minimum atomic E-state index is -0.673. The van der Waals surface area contributed by atoms with Gasteiger partial charge < -0.3 is 10.0 Å². The second-order valence-corrected chi connectivity index (χ2v) is 9.21. The fourth-order valence-electron chi connectivity index (χ4n) is 5.23. The largest absolute Gasteiger partial charge is 0.391 e. The molecule has 1 saturated heterocycles. The maximum absolute atomic E-state index is 13.6. The van der Waals surface area contributed by atoms with E-state index >= 15 is 0 Å². The van der Waals surface area contributed by atoms with E-state index in [9.17, 15) is 14.3 Å². The average Bonchev–Trinajstić information content (AvgIpc) is 3.35. The molecule has 1 saturated carbocycles. The van der Waals surface area contributed by atoms with Crippen molar-refractivity contribution in [3.8, 4) is 11.3 Å². The molecule has 3 aromatic rings. The topological polar surface area (TPSA) is 71.2 Å². The van der Waals surface area contributed by atoms with E-state index in [4.69, 9.17) is 0 Å². The first-order valence-corrected chi connectivity index (χ1v) is 11.8. The number of carbonyl (C=O) groups excluding carboxylic acids is 1. The number of aliphatic hydroxyl groups excluding tert-OH is 1. The summed E-state index contributed by atoms with van der Waals surface area (Å²) in [6, 6.07) is 15.5. The summed E-state index contributed by atoms with van der Waals surface area (Å²) in [6.45, 7) is 0.377. The molecule has 2 fully saturated rings. The third kappa shape index (κ3) is 4.55. The predicted octanol–water partition coefficient (Wildman–Crippen LogP) is 4.54. The number of nitrogens with zero attached hydrogens (tertiary/aromatic N) is 4. The zero-order chi connectivity index (χ0) is 22.8. The fourth-order valence-corrected chi connectivity index (χ4v) is 5.23. The molecule has 1 aromatic heterocycles. The predicted molar refractivity (Wildman–Crippen MR) is 123 cm³/mol. The van der Waals surface area contributed by atoms with E-state index in [1.807, 2.05) is 35.2 Å². The molecule has 0 bridgehead atoms. The van der Waals surface area contributed by atoms with Crippen LogP contribution in [-0.2, 0) is 4.79 Å². The van der Waals surface area contributed by atoms with Crippen molar-refractivity contribution in [1.29, 1.82) is 0 Å². The van der Waals surface area contributed by atoms with E-state index in [-0.39, 0.29) is 29.7 Å². The van der Waals surface area contributed by atoms with Crippen molar-refractivity contribution < 1.29 is 14.3 Å². The van der Waals surface area contributed by atoms with Gasteiger partial charge in [0.1, 0.15) is 11.5 Å². The zero-order valence-electron chi connectivity index (χ0n) is 18.6. The number of aliphatic hydroxyl groups is 1. The standard InChI is InChI=1S/C26H29FN4O2/c27-21-13-11-18(12-14-21)22-16-31(29-28-22)24-17-30(26(33)20-9-5-2-6-10-20)23(15-25(24)32)19-7-3-1-4-8-19/h1,3-4,7-8,11-14,16,20,23-25,32H,2,5-6,9-10,15,17H2/t23-,24-,25-/m1/s1. The molecule has 1 amide bonds. The van der Waals surface area contributed by atoms with Crippen molar-refractivity contribution in [3.05, 3.63) is 72.2 Å². The summed E-state index contributed by atoms with van der Waals surface area (Å²) in [5.41, 5.74) is 2.41. The summed E-state index contributed by atoms with van der Waals surface area (Å²) in [5.74, 6) is -0.0802. The van der Waals surface area contributed by atoms with Crippen LogP contribution < -0.4 is 0 Å². The lowest BCUT2D eigenvalue weighted by Crippen LogP contribution is -2.50. The normalized spacial score (nSPS) is 24.1. The van der Waals surface area contributed by atoms with Gasteiger partial charge in [0.05, 0.1) is 24.4 Å². The number of likely N-dealkylation sites (tertiary alicyclic amines) is 1. The van der Waals surface area contributed by atoms with Gasteiger partial charge in [-0.3, -0.25) is 4.79 Å². The molecule has 5 rings (SSSR count). The summed E-state index contributed by atoms with van der Waals surface area (Å²) in [7, 11) is 0. The maximum Gasteiger partial charge on any atom is 0.226 e. The van der Waals surface area contributed by atoms with Crippen molar-refractivity contribution in [2.75, 3.05) is 6.54 Å². The number of aromatic nitrogens is 3. The highest BCUT2D eigenvalue weighted by molar-refractivity contribution is 5.79. The van der Waals surface area contributed by atoms with Gasteiger partial charge in [-0.25, -0.2) is 9.07 Å². The number of hydrogen-bond acceptors (Lipinski definition) is 4. The van der Waals surface area contributed by atoms with Gasteiger partial charge in [0, 0.05) is 24.4 Å². The smallest absolute Gasteiger partial charge is 0.226 e. The molecule has 1 aliphatic heterocycles. The molecule has 0 radical (unpaired) electrons. The summed E-state index contributed by atoms with van der Waals surface area (Å²) in [5, 5.41) is 19.6. The lowest BCUT2D eigenvalue weighted by atomic mass is 9.85. The van der Waals surface area contributed by atoms with Gasteiger partial charge in [-0.15, -0.1) is 5.10 Å². The number of rotatable bonds is 4. The Kier molecular flexibility index (Phi) is 6.22. The number of benzene rings is 2. The average molecular weight is 449 g/mol. The molecule has 6 nitrogen and oxygen atoms in total. The van der Waals surface area contributed by atoms with Crippen LogP contribution in [-0.4, -0.2) is 43.6 Å². The molecule has 7 heteroatoms. The highest BCUT2D eigenvalue weighted by Gasteiger charge is 2.41. The molecule has 1 N–H and O–H groups in total. The molecule has 3 atom stereocenters. The van der Waals surface area contributed by atoms with Crippen LogP contribution in [0.1, 0.15) is 56.2 Å². The molecule has 1 aliphatic carbocycles. The van der Waals surface area contributed by atoms with E-state index in [0.29, 0.717) is 18.7 Å². The van der Waals surface area contributed by atoms with E-state index in [0.717, 1.165) is 36.8 Å². The Morgan fingerprint density at radius 1 is 1.00 bits per heavy atom. The molecule has 0 unspecified atom stereocenters. The van der Waals surface area contributed by atoms with Crippen LogP contribution in [0.25, 0.3) is 11.3 Å². The van der Waals surface area contributed by atoms with Gasteiger partial charge in [0.2, 0.25) is 5.91 Å². The van der Waals surface area contributed by atoms with Gasteiger partial charge >= 0.3 is 0 Å². The van der Waals surface area contributed by atoms with Crippen LogP contribution in [0.15, 0.2) is 60.8 Å². The van der Waals surface area contributed by atoms with Crippen LogP contribution in [0.5, 0.6) is 0 Å². The summed E-state index contributed by atoms with van der Waals surface area (Å²) in [4.78, 5) is 15.6. The summed E-state index contributed by atoms with van der Waals surface area (Å²) >= 11 is 0. The van der Waals surface area contributed by atoms with Crippen LogP contribution >= 0.6 is 0 Å². The lowest BCUT2D eigenvalue weighted by Gasteiger charge is -2.44. The Morgan fingerprint density at radius 3 is 2.45 bits per heavy atom. The quantitative estimate of drug-likeness (QED) is 0.636. The highest BCUT2D eigenvalue weighted by Crippen LogP contribution is 2.38. The van der Waals surface area contributed by atoms with Crippen molar-refractivity contribution >= 4 is 5.91 Å². The van der Waals surface area contributed by atoms with Gasteiger partial charge in [-0.1, -0.05) is 54.8 Å². The van der Waals surface area contributed by atoms with Crippen LogP contribution in [0.4, 0.5) is 4.39 Å². The molecular weight excluding hydrogens is 419 g/mol. The molecule has 172 valence electrons. The van der Waals surface area contributed by atoms with Crippen LogP contribution in [0.3, 0.4) is 0 Å². The van der Waals surface area contributed by atoms with Gasteiger partial charge in [0.25, 0.3) is 0 Å². The first-order chi connectivity index (χ1) is 16.1. The van der Waals surface area contributed by atoms with E-state index < -0.39 is 6.10 Å². The SMILES string of the molecule is O=C(C1CCCCC1)N1C[C@@H](n2cc(-c3ccc(F)cc3)nn2)[C@H](O)C[C@@H]1c1ccccc1. The fraction of sp³-hybridized carbons (Fsp3) is 0.423. The van der Waals surface area contributed by atoms with Crippen molar-refractivity contribution in [2.45, 2.75) is 56.7 Å². The third-order valence-electron chi connectivity index (χ3n) is 7.08. The second kappa shape index (κ2) is 9.43. The second-order valence-electron chi connectivity index (χ2n) is 9.21. The minimum absolute atomic E-state index is 0.0476. The Hall–Kier alpha value is -3.06. The molecule has 33 heavy (non-hydrogen) atoms. The Balaban J connectivity index is 1.43. The number of piperidine rings is 1. The maximum atomic E-state index is 13.6. The third-order valence-corrected chi connectivity index (χ3v) is 7.08. The molecule has 0 spiro atoms. The monoisotopic (exact) mass is 448 g/mol. The lowest BCUT2D eigenvalue weighted by molar-refractivity contribution is -0.144. The minimum Gasteiger partial charge on any atom is -0.391 e. The Labute approximate surface area is 193 Å². The van der Waals surface area contributed by atoms with E-state index in [1.54, 1.807) is 23.0 Å². The molecule has 2 heterocycles.